The van der Waals surface area contributed by atoms with E-state index in [1.165, 1.54) is 24.1 Å². The van der Waals surface area contributed by atoms with Crippen LogP contribution in [0.25, 0.3) is 0 Å². The van der Waals surface area contributed by atoms with E-state index in [0.717, 1.165) is 9.87 Å². The van der Waals surface area contributed by atoms with Gasteiger partial charge in [0.05, 0.1) is 17.7 Å². The van der Waals surface area contributed by atoms with Crippen molar-refractivity contribution in [1.82, 2.24) is 10.2 Å². The van der Waals surface area contributed by atoms with Crippen LogP contribution in [0.2, 0.25) is 0 Å². The highest BCUT2D eigenvalue weighted by Crippen LogP contribution is 2.27. The first-order chi connectivity index (χ1) is 18.1. The average Bonchev–Trinajstić information content (AvgIpc) is 2.92. The van der Waals surface area contributed by atoms with E-state index in [2.05, 4.69) is 5.32 Å². The van der Waals surface area contributed by atoms with Crippen molar-refractivity contribution in [1.29, 1.82) is 0 Å². The molecule has 0 fully saturated rings. The van der Waals surface area contributed by atoms with Gasteiger partial charge >= 0.3 is 0 Å². The van der Waals surface area contributed by atoms with E-state index < -0.39 is 28.5 Å². The summed E-state index contributed by atoms with van der Waals surface area (Å²) in [7, 11) is -2.62. The molecule has 3 aromatic rings. The lowest BCUT2D eigenvalue weighted by Gasteiger charge is -2.32. The minimum absolute atomic E-state index is 0.0528. The fourth-order valence-electron chi connectivity index (χ4n) is 3.99. The molecule has 1 N–H and O–H groups in total. The van der Waals surface area contributed by atoms with Gasteiger partial charge in [-0.1, -0.05) is 54.6 Å². The number of hydrogen-bond acceptors (Lipinski definition) is 5. The van der Waals surface area contributed by atoms with Gasteiger partial charge in [0.25, 0.3) is 10.0 Å². The first-order valence-electron chi connectivity index (χ1n) is 12.5. The number of anilines is 1. The van der Waals surface area contributed by atoms with Crippen molar-refractivity contribution in [3.05, 3.63) is 90.5 Å². The smallest absolute Gasteiger partial charge is 0.264 e. The maximum atomic E-state index is 13.8. The minimum atomic E-state index is -4.11. The maximum Gasteiger partial charge on any atom is 0.264 e. The largest absolute Gasteiger partial charge is 0.497 e. The van der Waals surface area contributed by atoms with Gasteiger partial charge in [-0.3, -0.25) is 13.9 Å². The topological polar surface area (TPSA) is 96.0 Å². The second-order valence-corrected chi connectivity index (χ2v) is 11.1. The molecule has 9 heteroatoms. The van der Waals surface area contributed by atoms with Gasteiger partial charge in [0.2, 0.25) is 11.8 Å². The van der Waals surface area contributed by atoms with Crippen LogP contribution in [0.3, 0.4) is 0 Å². The molecule has 0 heterocycles. The number of nitrogens with one attached hydrogen (secondary N) is 1. The molecular weight excluding hydrogens is 502 g/mol. The number of carbonyl (C=O) groups is 2. The lowest BCUT2D eigenvalue weighted by Crippen LogP contribution is -2.53. The molecule has 3 rings (SSSR count). The van der Waals surface area contributed by atoms with Crippen LogP contribution in [-0.2, 0) is 26.0 Å². The van der Waals surface area contributed by atoms with Gasteiger partial charge in [0, 0.05) is 18.7 Å². The summed E-state index contributed by atoms with van der Waals surface area (Å²) in [6, 6.07) is 23.2. The Balaban J connectivity index is 1.98. The first kappa shape index (κ1) is 28.7. The fraction of sp³-hybridized carbons (Fsp3) is 0.310. The van der Waals surface area contributed by atoms with Crippen LogP contribution in [0.4, 0.5) is 5.69 Å². The molecule has 0 radical (unpaired) electrons. The Labute approximate surface area is 225 Å². The summed E-state index contributed by atoms with van der Waals surface area (Å²) in [4.78, 5) is 28.2. The van der Waals surface area contributed by atoms with Crippen molar-refractivity contribution < 1.29 is 22.7 Å². The van der Waals surface area contributed by atoms with Crippen molar-refractivity contribution in [2.75, 3.05) is 24.5 Å². The van der Waals surface area contributed by atoms with Crippen molar-refractivity contribution in [3.8, 4) is 5.75 Å². The summed E-state index contributed by atoms with van der Waals surface area (Å²) in [5, 5.41) is 2.85. The van der Waals surface area contributed by atoms with Crippen molar-refractivity contribution in [2.45, 2.75) is 44.2 Å². The number of ether oxygens (including phenoxy) is 1. The van der Waals surface area contributed by atoms with Gasteiger partial charge in [0.15, 0.2) is 0 Å². The zero-order valence-electron chi connectivity index (χ0n) is 22.2. The summed E-state index contributed by atoms with van der Waals surface area (Å²) in [5.74, 6) is -0.344. The molecule has 0 spiro atoms. The predicted octanol–water partition coefficient (Wildman–Crippen LogP) is 3.87. The number of hydrogen-bond donors (Lipinski definition) is 1. The summed E-state index contributed by atoms with van der Waals surface area (Å²) in [6.07, 6.45) is 0.510. The van der Waals surface area contributed by atoms with E-state index in [0.29, 0.717) is 12.2 Å². The van der Waals surface area contributed by atoms with Crippen molar-refractivity contribution in [3.63, 3.8) is 0 Å². The zero-order valence-corrected chi connectivity index (χ0v) is 23.0. The molecule has 8 nitrogen and oxygen atoms in total. The Kier molecular flexibility index (Phi) is 9.90. The van der Waals surface area contributed by atoms with E-state index in [4.69, 9.17) is 4.74 Å². The van der Waals surface area contributed by atoms with Crippen LogP contribution in [0.5, 0.6) is 5.75 Å². The molecule has 2 amide bonds. The fourth-order valence-corrected chi connectivity index (χ4v) is 5.42. The SMILES string of the molecule is COc1cccc(N(CC(=O)N(CCc2ccccc2)[C@H](C)C(=O)NC(C)C)S(=O)(=O)c2ccccc2)c1. The molecule has 0 aliphatic carbocycles. The summed E-state index contributed by atoms with van der Waals surface area (Å²) >= 11 is 0. The molecule has 202 valence electrons. The van der Waals surface area contributed by atoms with Crippen molar-refractivity contribution >= 4 is 27.5 Å². The quantitative estimate of drug-likeness (QED) is 0.378. The van der Waals surface area contributed by atoms with E-state index in [9.17, 15) is 18.0 Å². The molecular formula is C29H35N3O5S. The Morgan fingerprint density at radius 1 is 0.895 bits per heavy atom. The number of amides is 2. The summed E-state index contributed by atoms with van der Waals surface area (Å²) < 4.78 is 33.9. The Morgan fingerprint density at radius 2 is 1.53 bits per heavy atom. The summed E-state index contributed by atoms with van der Waals surface area (Å²) in [6.45, 7) is 5.10. The molecule has 0 aliphatic rings. The number of carbonyl (C=O) groups excluding carboxylic acids is 2. The highest BCUT2D eigenvalue weighted by atomic mass is 32.2. The Bertz CT molecular complexity index is 1310. The van der Waals surface area contributed by atoms with Gasteiger partial charge in [-0.25, -0.2) is 8.42 Å². The zero-order chi connectivity index (χ0) is 27.7. The average molecular weight is 538 g/mol. The number of benzene rings is 3. The molecule has 0 saturated carbocycles. The Hall–Kier alpha value is -3.85. The van der Waals surface area contributed by atoms with E-state index in [1.807, 2.05) is 44.2 Å². The lowest BCUT2D eigenvalue weighted by molar-refractivity contribution is -0.139. The van der Waals surface area contributed by atoms with Crippen LogP contribution in [0.15, 0.2) is 89.8 Å². The first-order valence-corrected chi connectivity index (χ1v) is 13.9. The number of nitrogens with zero attached hydrogens (tertiary/aromatic N) is 2. The highest BCUT2D eigenvalue weighted by molar-refractivity contribution is 7.92. The van der Waals surface area contributed by atoms with Crippen LogP contribution < -0.4 is 14.4 Å². The summed E-state index contributed by atoms with van der Waals surface area (Å²) in [5.41, 5.74) is 1.28. The van der Waals surface area contributed by atoms with Crippen LogP contribution in [-0.4, -0.2) is 57.4 Å². The third kappa shape index (κ3) is 7.35. The lowest BCUT2D eigenvalue weighted by atomic mass is 10.1. The second kappa shape index (κ2) is 13.1. The number of methoxy groups -OCH3 is 1. The monoisotopic (exact) mass is 537 g/mol. The normalized spacial score (nSPS) is 12.0. The van der Waals surface area contributed by atoms with Gasteiger partial charge in [-0.05, 0) is 57.0 Å². The molecule has 0 bridgehead atoms. The standard InChI is InChI=1S/C29H35N3O5S/c1-22(2)30-29(34)23(3)31(19-18-24-12-7-5-8-13-24)28(33)21-32(25-14-11-15-26(20-25)37-4)38(35,36)27-16-9-6-10-17-27/h5-17,20,22-23H,18-19,21H2,1-4H3,(H,30,34)/t23-/m1/s1. The molecule has 3 aromatic carbocycles. The van der Waals surface area contributed by atoms with Crippen molar-refractivity contribution in [2.24, 2.45) is 0 Å². The maximum absolute atomic E-state index is 13.8. The number of sulfonamides is 1. The predicted molar refractivity (Wildman–Crippen MR) is 149 cm³/mol. The Morgan fingerprint density at radius 3 is 2.13 bits per heavy atom. The molecule has 0 saturated heterocycles. The number of rotatable bonds is 12. The third-order valence-corrected chi connectivity index (χ3v) is 7.82. The van der Waals surface area contributed by atoms with Gasteiger partial charge in [-0.2, -0.15) is 0 Å². The van der Waals surface area contributed by atoms with Crippen LogP contribution >= 0.6 is 0 Å². The minimum Gasteiger partial charge on any atom is -0.497 e. The van der Waals surface area contributed by atoms with Gasteiger partial charge in [0.1, 0.15) is 18.3 Å². The molecule has 0 unspecified atom stereocenters. The molecule has 1 atom stereocenters. The van der Waals surface area contributed by atoms with Gasteiger partial charge in [-0.15, -0.1) is 0 Å². The van der Waals surface area contributed by atoms with Gasteiger partial charge < -0.3 is 15.0 Å². The molecule has 0 aliphatic heterocycles. The van der Waals surface area contributed by atoms with E-state index >= 15 is 0 Å². The second-order valence-electron chi connectivity index (χ2n) is 9.19. The molecule has 38 heavy (non-hydrogen) atoms. The van der Waals surface area contributed by atoms with E-state index in [-0.39, 0.29) is 29.1 Å². The highest BCUT2D eigenvalue weighted by Gasteiger charge is 2.32. The third-order valence-electron chi connectivity index (χ3n) is 6.03. The van der Waals surface area contributed by atoms with Crippen LogP contribution in [0.1, 0.15) is 26.3 Å². The molecule has 0 aromatic heterocycles. The van der Waals surface area contributed by atoms with Crippen LogP contribution in [0, 0.1) is 0 Å². The van der Waals surface area contributed by atoms with E-state index in [1.54, 1.807) is 49.4 Å².